The molecule has 1 aromatic carbocycles. The number of aromatic nitrogens is 2. The maximum Gasteiger partial charge on any atom is 0.317 e. The molecule has 0 amide bonds. The average molecular weight is 339 g/mol. The van der Waals surface area contributed by atoms with E-state index in [4.69, 9.17) is 0 Å². The van der Waals surface area contributed by atoms with Crippen LogP contribution in [0.2, 0.25) is 0 Å². The molecule has 130 valence electrons. The Balaban J connectivity index is 1.53. The number of aryl methyl sites for hydroxylation is 1. The summed E-state index contributed by atoms with van der Waals surface area (Å²) < 4.78 is 1.32. The summed E-state index contributed by atoms with van der Waals surface area (Å²) in [5.41, 5.74) is 2.18. The number of hydrogen-bond acceptors (Lipinski definition) is 4. The second-order valence-corrected chi connectivity index (χ2v) is 6.88. The third-order valence-corrected chi connectivity index (χ3v) is 4.97. The molecular weight excluding hydrogens is 318 g/mol. The Bertz CT molecular complexity index is 796. The molecule has 2 aliphatic rings. The number of rotatable bonds is 6. The molecule has 1 fully saturated rings. The quantitative estimate of drug-likeness (QED) is 0.819. The van der Waals surface area contributed by atoms with Gasteiger partial charge in [-0.05, 0) is 31.2 Å². The molecule has 4 rings (SSSR count). The molecule has 2 aromatic rings. The molecule has 6 heteroatoms. The van der Waals surface area contributed by atoms with Crippen molar-refractivity contribution in [2.45, 2.75) is 31.6 Å². The maximum absolute atomic E-state index is 12.4. The lowest BCUT2D eigenvalue weighted by atomic mass is 10.1. The molecule has 25 heavy (non-hydrogen) atoms. The van der Waals surface area contributed by atoms with Gasteiger partial charge in [0.1, 0.15) is 5.82 Å². The summed E-state index contributed by atoms with van der Waals surface area (Å²) >= 11 is 0. The standard InChI is InChI=1S/C19H21N3O3/c23-18-15(19(24)25)12-21(10-4-7-13-5-2-1-3-6-13)17-11-16(14-8-9-14)20-22(17)18/h1-3,5-6,11,14-15H,4,7-10,12H2,(H,24,25). The molecule has 0 saturated heterocycles. The lowest BCUT2D eigenvalue weighted by Crippen LogP contribution is -2.46. The zero-order valence-electron chi connectivity index (χ0n) is 14.0. The minimum atomic E-state index is -1.08. The predicted octanol–water partition coefficient (Wildman–Crippen LogP) is 2.55. The first kappa shape index (κ1) is 15.9. The van der Waals surface area contributed by atoms with Crippen LogP contribution in [0.25, 0.3) is 0 Å². The van der Waals surface area contributed by atoms with E-state index in [9.17, 15) is 14.7 Å². The Morgan fingerprint density at radius 1 is 1.24 bits per heavy atom. The number of nitrogens with zero attached hydrogens (tertiary/aromatic N) is 3. The van der Waals surface area contributed by atoms with Crippen LogP contribution < -0.4 is 4.90 Å². The van der Waals surface area contributed by atoms with E-state index >= 15 is 0 Å². The lowest BCUT2D eigenvalue weighted by Gasteiger charge is -2.31. The van der Waals surface area contributed by atoms with Gasteiger partial charge in [0.15, 0.2) is 5.92 Å². The summed E-state index contributed by atoms with van der Waals surface area (Å²) in [5.74, 6) is -1.37. The number of carbonyl (C=O) groups is 2. The molecule has 6 nitrogen and oxygen atoms in total. The molecule has 1 aromatic heterocycles. The van der Waals surface area contributed by atoms with Gasteiger partial charge in [-0.3, -0.25) is 9.59 Å². The highest BCUT2D eigenvalue weighted by atomic mass is 16.4. The Hall–Kier alpha value is -2.63. The van der Waals surface area contributed by atoms with Crippen molar-refractivity contribution in [3.63, 3.8) is 0 Å². The van der Waals surface area contributed by atoms with Gasteiger partial charge in [-0.1, -0.05) is 30.3 Å². The fourth-order valence-corrected chi connectivity index (χ4v) is 3.40. The monoisotopic (exact) mass is 339 g/mol. The number of anilines is 1. The topological polar surface area (TPSA) is 75.4 Å². The predicted molar refractivity (Wildman–Crippen MR) is 92.9 cm³/mol. The molecule has 0 radical (unpaired) electrons. The van der Waals surface area contributed by atoms with Crippen LogP contribution in [-0.2, 0) is 11.2 Å². The van der Waals surface area contributed by atoms with Crippen LogP contribution in [0, 0.1) is 5.92 Å². The largest absolute Gasteiger partial charge is 0.481 e. The fraction of sp³-hybridized carbons (Fsp3) is 0.421. The molecule has 1 aliphatic heterocycles. The molecular formula is C19H21N3O3. The van der Waals surface area contributed by atoms with Crippen LogP contribution in [0.3, 0.4) is 0 Å². The van der Waals surface area contributed by atoms with E-state index in [1.165, 1.54) is 10.2 Å². The Labute approximate surface area is 146 Å². The lowest BCUT2D eigenvalue weighted by molar-refractivity contribution is -0.140. The first-order valence-corrected chi connectivity index (χ1v) is 8.79. The van der Waals surface area contributed by atoms with Crippen molar-refractivity contribution in [1.29, 1.82) is 0 Å². The summed E-state index contributed by atoms with van der Waals surface area (Å²) in [5, 5.41) is 13.8. The zero-order chi connectivity index (χ0) is 17.4. The van der Waals surface area contributed by atoms with E-state index in [0.29, 0.717) is 12.5 Å². The van der Waals surface area contributed by atoms with Crippen molar-refractivity contribution in [1.82, 2.24) is 9.78 Å². The second kappa shape index (κ2) is 6.35. The number of aliphatic carboxylic acids is 1. The van der Waals surface area contributed by atoms with Crippen molar-refractivity contribution in [3.05, 3.63) is 47.7 Å². The van der Waals surface area contributed by atoms with E-state index < -0.39 is 17.8 Å². The van der Waals surface area contributed by atoms with Crippen molar-refractivity contribution >= 4 is 17.7 Å². The van der Waals surface area contributed by atoms with E-state index in [1.807, 2.05) is 29.2 Å². The van der Waals surface area contributed by atoms with Crippen LogP contribution >= 0.6 is 0 Å². The van der Waals surface area contributed by atoms with Gasteiger partial charge in [0.05, 0.1) is 5.69 Å². The first-order chi connectivity index (χ1) is 12.1. The maximum atomic E-state index is 12.4. The smallest absolute Gasteiger partial charge is 0.317 e. The van der Waals surface area contributed by atoms with Gasteiger partial charge < -0.3 is 10.0 Å². The third kappa shape index (κ3) is 3.16. The van der Waals surface area contributed by atoms with E-state index in [1.54, 1.807) is 0 Å². The second-order valence-electron chi connectivity index (χ2n) is 6.88. The Kier molecular flexibility index (Phi) is 4.03. The van der Waals surface area contributed by atoms with Crippen LogP contribution in [0.15, 0.2) is 36.4 Å². The van der Waals surface area contributed by atoms with E-state index in [0.717, 1.165) is 37.2 Å². The summed E-state index contributed by atoms with van der Waals surface area (Å²) in [7, 11) is 0. The number of benzene rings is 1. The minimum absolute atomic E-state index is 0.221. The SMILES string of the molecule is O=C(O)C1CN(CCCc2ccccc2)c2cc(C3CC3)nn2C1=O. The van der Waals surface area contributed by atoms with Crippen molar-refractivity contribution in [2.24, 2.45) is 5.92 Å². The molecule has 0 bridgehead atoms. The number of carboxylic acid groups (broad SMARTS) is 1. The molecule has 1 unspecified atom stereocenters. The number of hydrogen-bond donors (Lipinski definition) is 1. The van der Waals surface area contributed by atoms with Gasteiger partial charge in [-0.25, -0.2) is 0 Å². The van der Waals surface area contributed by atoms with Crippen molar-refractivity contribution in [2.75, 3.05) is 18.0 Å². The molecule has 1 aliphatic carbocycles. The Morgan fingerprint density at radius 2 is 2.00 bits per heavy atom. The average Bonchev–Trinajstić information content (AvgIpc) is 3.36. The summed E-state index contributed by atoms with van der Waals surface area (Å²) in [6, 6.07) is 12.2. The van der Waals surface area contributed by atoms with Crippen molar-refractivity contribution < 1.29 is 14.7 Å². The summed E-state index contributed by atoms with van der Waals surface area (Å²) in [4.78, 5) is 25.9. The van der Waals surface area contributed by atoms with Crippen molar-refractivity contribution in [3.8, 4) is 0 Å². The van der Waals surface area contributed by atoms with Gasteiger partial charge in [0.2, 0.25) is 0 Å². The first-order valence-electron chi connectivity index (χ1n) is 8.79. The third-order valence-electron chi connectivity index (χ3n) is 4.97. The molecule has 1 saturated carbocycles. The van der Waals surface area contributed by atoms with Crippen LogP contribution in [0.5, 0.6) is 0 Å². The highest BCUT2D eigenvalue weighted by Gasteiger charge is 2.39. The van der Waals surface area contributed by atoms with Gasteiger partial charge >= 0.3 is 5.97 Å². The van der Waals surface area contributed by atoms with Crippen LogP contribution in [0.4, 0.5) is 5.82 Å². The normalized spacial score (nSPS) is 19.8. The molecule has 2 heterocycles. The fourth-order valence-electron chi connectivity index (χ4n) is 3.40. The molecule has 1 atom stereocenters. The number of fused-ring (bicyclic) bond motifs is 1. The van der Waals surface area contributed by atoms with Gasteiger partial charge in [-0.15, -0.1) is 0 Å². The minimum Gasteiger partial charge on any atom is -0.481 e. The van der Waals surface area contributed by atoms with E-state index in [2.05, 4.69) is 17.2 Å². The highest BCUT2D eigenvalue weighted by molar-refractivity contribution is 6.01. The van der Waals surface area contributed by atoms with E-state index in [-0.39, 0.29) is 6.54 Å². The summed E-state index contributed by atoms with van der Waals surface area (Å²) in [6.07, 6.45) is 4.02. The van der Waals surface area contributed by atoms with Crippen LogP contribution in [0.1, 0.15) is 41.2 Å². The van der Waals surface area contributed by atoms with Crippen LogP contribution in [-0.4, -0.2) is 39.9 Å². The Morgan fingerprint density at radius 3 is 2.68 bits per heavy atom. The molecule has 1 N–H and O–H groups in total. The van der Waals surface area contributed by atoms with Gasteiger partial charge in [0, 0.05) is 25.1 Å². The number of carbonyl (C=O) groups excluding carboxylic acids is 1. The number of carboxylic acids is 1. The molecule has 0 spiro atoms. The summed E-state index contributed by atoms with van der Waals surface area (Å²) in [6.45, 7) is 0.931. The zero-order valence-corrected chi connectivity index (χ0v) is 14.0. The van der Waals surface area contributed by atoms with Gasteiger partial charge in [0.25, 0.3) is 5.91 Å². The highest BCUT2D eigenvalue weighted by Crippen LogP contribution is 2.41. The van der Waals surface area contributed by atoms with Gasteiger partial charge in [-0.2, -0.15) is 9.78 Å².